The van der Waals surface area contributed by atoms with Gasteiger partial charge in [0, 0.05) is 18.3 Å². The van der Waals surface area contributed by atoms with Crippen molar-refractivity contribution < 1.29 is 0 Å². The Labute approximate surface area is 95.0 Å². The molecule has 0 spiro atoms. The van der Waals surface area contributed by atoms with Crippen LogP contribution >= 0.6 is 12.6 Å². The highest BCUT2D eigenvalue weighted by molar-refractivity contribution is 7.80. The number of hydrogen-bond acceptors (Lipinski definition) is 2. The lowest BCUT2D eigenvalue weighted by Gasteiger charge is -2.26. The maximum absolute atomic E-state index is 4.24. The number of rotatable bonds is 8. The Kier molecular flexibility index (Phi) is 8.40. The summed E-state index contributed by atoms with van der Waals surface area (Å²) < 4.78 is 0. The molecule has 0 aromatic heterocycles. The lowest BCUT2D eigenvalue weighted by atomic mass is 10.2. The molecule has 0 amide bonds. The van der Waals surface area contributed by atoms with Crippen LogP contribution in [0.15, 0.2) is 12.2 Å². The smallest absolute Gasteiger partial charge is 0.0201 e. The van der Waals surface area contributed by atoms with Gasteiger partial charge >= 0.3 is 0 Å². The van der Waals surface area contributed by atoms with Crippen LogP contribution in [0.2, 0.25) is 0 Å². The summed E-state index contributed by atoms with van der Waals surface area (Å²) >= 11 is 4.24. The van der Waals surface area contributed by atoms with Gasteiger partial charge in [0.25, 0.3) is 0 Å². The molecule has 2 heteroatoms. The van der Waals surface area contributed by atoms with E-state index in [-0.39, 0.29) is 0 Å². The summed E-state index contributed by atoms with van der Waals surface area (Å²) in [7, 11) is 0. The molecule has 0 radical (unpaired) electrons. The van der Waals surface area contributed by atoms with Crippen molar-refractivity contribution in [1.82, 2.24) is 4.90 Å². The molecule has 84 valence electrons. The van der Waals surface area contributed by atoms with Gasteiger partial charge in [-0.3, -0.25) is 4.90 Å². The van der Waals surface area contributed by atoms with Gasteiger partial charge in [0.05, 0.1) is 0 Å². The molecule has 0 heterocycles. The van der Waals surface area contributed by atoms with Crippen LogP contribution < -0.4 is 0 Å². The van der Waals surface area contributed by atoms with Crippen molar-refractivity contribution in [1.29, 1.82) is 0 Å². The van der Waals surface area contributed by atoms with Gasteiger partial charge in [-0.25, -0.2) is 0 Å². The average molecular weight is 215 g/mol. The van der Waals surface area contributed by atoms with Crippen LogP contribution in [0, 0.1) is 0 Å². The second-order valence-corrected chi connectivity index (χ2v) is 4.50. The van der Waals surface area contributed by atoms with Gasteiger partial charge in [-0.2, -0.15) is 12.6 Å². The van der Waals surface area contributed by atoms with Gasteiger partial charge in [0.2, 0.25) is 0 Å². The lowest BCUT2D eigenvalue weighted by Crippen LogP contribution is -2.33. The van der Waals surface area contributed by atoms with E-state index < -0.39 is 0 Å². The number of nitrogens with zero attached hydrogens (tertiary/aromatic N) is 1. The molecule has 0 aliphatic rings. The molecule has 0 saturated heterocycles. The number of thiol groups is 1. The molecule has 14 heavy (non-hydrogen) atoms. The van der Waals surface area contributed by atoms with Crippen LogP contribution in [-0.2, 0) is 0 Å². The Morgan fingerprint density at radius 2 is 2.00 bits per heavy atom. The highest BCUT2D eigenvalue weighted by atomic mass is 32.1. The van der Waals surface area contributed by atoms with E-state index in [1.165, 1.54) is 31.4 Å². The van der Waals surface area contributed by atoms with Gasteiger partial charge < -0.3 is 0 Å². The highest BCUT2D eigenvalue weighted by Gasteiger charge is 2.09. The predicted molar refractivity (Wildman–Crippen MR) is 69.2 cm³/mol. The lowest BCUT2D eigenvalue weighted by molar-refractivity contribution is 0.236. The van der Waals surface area contributed by atoms with Crippen LogP contribution in [0.3, 0.4) is 0 Å². The third-order valence-corrected chi connectivity index (χ3v) is 2.88. The van der Waals surface area contributed by atoms with E-state index in [1.54, 1.807) is 0 Å². The zero-order valence-corrected chi connectivity index (χ0v) is 10.8. The van der Waals surface area contributed by atoms with Crippen molar-refractivity contribution in [2.24, 2.45) is 0 Å². The Morgan fingerprint density at radius 1 is 1.36 bits per heavy atom. The highest BCUT2D eigenvalue weighted by Crippen LogP contribution is 2.07. The Hall–Kier alpha value is 0.0500. The second-order valence-electron chi connectivity index (χ2n) is 4.18. The van der Waals surface area contributed by atoms with Crippen molar-refractivity contribution in [2.45, 2.75) is 46.1 Å². The van der Waals surface area contributed by atoms with Crippen LogP contribution in [0.25, 0.3) is 0 Å². The fraction of sp³-hybridized carbons (Fsp3) is 0.833. The Bertz CT molecular complexity index is 154. The topological polar surface area (TPSA) is 3.24 Å². The average Bonchev–Trinajstić information content (AvgIpc) is 2.16. The van der Waals surface area contributed by atoms with E-state index in [9.17, 15) is 0 Å². The van der Waals surface area contributed by atoms with Crippen LogP contribution in [0.4, 0.5) is 0 Å². The molecule has 0 fully saturated rings. The summed E-state index contributed by atoms with van der Waals surface area (Å²) in [5.74, 6) is 0.803. The molecule has 0 saturated carbocycles. The minimum absolute atomic E-state index is 0.614. The first-order valence-corrected chi connectivity index (χ1v) is 6.26. The van der Waals surface area contributed by atoms with E-state index >= 15 is 0 Å². The van der Waals surface area contributed by atoms with E-state index in [2.05, 4.69) is 44.9 Å². The van der Waals surface area contributed by atoms with E-state index in [0.717, 1.165) is 12.3 Å². The molecule has 0 aliphatic carbocycles. The van der Waals surface area contributed by atoms with Crippen molar-refractivity contribution in [3.8, 4) is 0 Å². The summed E-state index contributed by atoms with van der Waals surface area (Å²) in [5.41, 5.74) is 1.22. The Morgan fingerprint density at radius 3 is 2.43 bits per heavy atom. The molecule has 0 aromatic carbocycles. The molecule has 0 aromatic rings. The minimum Gasteiger partial charge on any atom is -0.297 e. The van der Waals surface area contributed by atoms with Crippen LogP contribution in [-0.4, -0.2) is 29.8 Å². The van der Waals surface area contributed by atoms with Crippen molar-refractivity contribution in [3.63, 3.8) is 0 Å². The summed E-state index contributed by atoms with van der Waals surface area (Å²) in [5, 5.41) is 0. The fourth-order valence-corrected chi connectivity index (χ4v) is 1.52. The molecule has 1 nitrogen and oxygen atoms in total. The largest absolute Gasteiger partial charge is 0.297 e. The van der Waals surface area contributed by atoms with Crippen molar-refractivity contribution in [3.05, 3.63) is 12.2 Å². The molecule has 0 unspecified atom stereocenters. The van der Waals surface area contributed by atoms with Crippen LogP contribution in [0.5, 0.6) is 0 Å². The maximum Gasteiger partial charge on any atom is 0.0201 e. The van der Waals surface area contributed by atoms with E-state index in [0.29, 0.717) is 6.04 Å². The first kappa shape index (κ1) is 14.1. The van der Waals surface area contributed by atoms with Gasteiger partial charge in [0.15, 0.2) is 0 Å². The Balaban J connectivity index is 3.83. The molecular weight excluding hydrogens is 190 g/mol. The number of hydrogen-bond donors (Lipinski definition) is 1. The summed E-state index contributed by atoms with van der Waals surface area (Å²) in [6.45, 7) is 12.9. The minimum atomic E-state index is 0.614. The van der Waals surface area contributed by atoms with Gasteiger partial charge in [-0.15, -0.1) is 0 Å². The molecule has 0 aliphatic heterocycles. The molecular formula is C12H25NS. The maximum atomic E-state index is 4.24. The first-order chi connectivity index (χ1) is 6.61. The fourth-order valence-electron chi connectivity index (χ4n) is 1.42. The van der Waals surface area contributed by atoms with Crippen molar-refractivity contribution in [2.75, 3.05) is 18.8 Å². The van der Waals surface area contributed by atoms with Crippen LogP contribution in [0.1, 0.15) is 40.0 Å². The normalized spacial score (nSPS) is 11.3. The SMILES string of the molecule is C=C(CS)CN(CCCCC)C(C)C. The molecule has 0 rings (SSSR count). The summed E-state index contributed by atoms with van der Waals surface area (Å²) in [6.07, 6.45) is 3.92. The first-order valence-electron chi connectivity index (χ1n) is 5.63. The third kappa shape index (κ3) is 6.50. The summed E-state index contributed by atoms with van der Waals surface area (Å²) in [6, 6.07) is 0.614. The molecule has 0 bridgehead atoms. The molecule has 0 atom stereocenters. The quantitative estimate of drug-likeness (QED) is 0.369. The monoisotopic (exact) mass is 215 g/mol. The number of unbranched alkanes of at least 4 members (excludes halogenated alkanes) is 2. The summed E-state index contributed by atoms with van der Waals surface area (Å²) in [4.78, 5) is 2.48. The zero-order chi connectivity index (χ0) is 11.0. The van der Waals surface area contributed by atoms with E-state index in [1.807, 2.05) is 0 Å². The molecule has 0 N–H and O–H groups in total. The predicted octanol–water partition coefficient (Wildman–Crippen LogP) is 3.37. The second kappa shape index (κ2) is 8.37. The van der Waals surface area contributed by atoms with Gasteiger partial charge in [-0.05, 0) is 26.8 Å². The zero-order valence-electron chi connectivity index (χ0n) is 9.92. The van der Waals surface area contributed by atoms with Crippen molar-refractivity contribution >= 4 is 12.6 Å². The standard InChI is InChI=1S/C12H25NS/c1-5-6-7-8-13(11(2)3)9-12(4)10-14/h11,14H,4-10H2,1-3H3. The van der Waals surface area contributed by atoms with Gasteiger partial charge in [-0.1, -0.05) is 31.9 Å². The third-order valence-electron chi connectivity index (χ3n) is 2.43. The van der Waals surface area contributed by atoms with E-state index in [4.69, 9.17) is 0 Å². The van der Waals surface area contributed by atoms with Gasteiger partial charge in [0.1, 0.15) is 0 Å².